The topological polar surface area (TPSA) is 91.8 Å². The number of likely N-dealkylation sites (N-methyl/N-ethyl adjacent to an activating group) is 1. The second kappa shape index (κ2) is 7.66. The number of rotatable bonds is 7. The highest BCUT2D eigenvalue weighted by molar-refractivity contribution is 6.29. The van der Waals surface area contributed by atoms with Crippen molar-refractivity contribution in [3.63, 3.8) is 0 Å². The Morgan fingerprint density at radius 2 is 2.20 bits per heavy atom. The van der Waals surface area contributed by atoms with E-state index >= 15 is 0 Å². The summed E-state index contributed by atoms with van der Waals surface area (Å²) in [6.45, 7) is 0.872. The summed E-state index contributed by atoms with van der Waals surface area (Å²) in [6, 6.07) is 2.61. The maximum Gasteiger partial charge on any atom is 0.335 e. The lowest BCUT2D eigenvalue weighted by molar-refractivity contribution is -0.119. The van der Waals surface area contributed by atoms with Crippen molar-refractivity contribution < 1.29 is 19.4 Å². The molecule has 1 rings (SSSR count). The number of aromatic carboxylic acids is 1. The van der Waals surface area contributed by atoms with Gasteiger partial charge in [0.2, 0.25) is 5.91 Å². The highest BCUT2D eigenvalue weighted by Crippen LogP contribution is 2.17. The number of methoxy groups -OCH3 is 1. The quantitative estimate of drug-likeness (QED) is 0.567. The van der Waals surface area contributed by atoms with Gasteiger partial charge in [-0.05, 0) is 12.1 Å². The minimum Gasteiger partial charge on any atom is -0.478 e. The number of hydrogen-bond donors (Lipinski definition) is 2. The maximum absolute atomic E-state index is 11.6. The van der Waals surface area contributed by atoms with Crippen molar-refractivity contribution in [2.24, 2.45) is 0 Å². The van der Waals surface area contributed by atoms with Crippen molar-refractivity contribution >= 4 is 29.3 Å². The van der Waals surface area contributed by atoms with E-state index in [9.17, 15) is 9.59 Å². The fraction of sp³-hybridized carbons (Fsp3) is 0.417. The van der Waals surface area contributed by atoms with Crippen LogP contribution in [0.1, 0.15) is 10.4 Å². The molecule has 0 aliphatic rings. The number of carboxylic acids is 1. The first-order valence-corrected chi connectivity index (χ1v) is 6.19. The second-order valence-corrected chi connectivity index (χ2v) is 4.43. The summed E-state index contributed by atoms with van der Waals surface area (Å²) in [5.74, 6) is -1.01. The van der Waals surface area contributed by atoms with Gasteiger partial charge in [0.25, 0.3) is 0 Å². The van der Waals surface area contributed by atoms with Gasteiger partial charge < -0.3 is 20.1 Å². The number of carbonyl (C=O) groups is 2. The van der Waals surface area contributed by atoms with Crippen LogP contribution in [0.3, 0.4) is 0 Å². The van der Waals surface area contributed by atoms with Gasteiger partial charge in [-0.15, -0.1) is 0 Å². The Hall–Kier alpha value is -1.86. The van der Waals surface area contributed by atoms with E-state index in [0.717, 1.165) is 0 Å². The first kappa shape index (κ1) is 16.2. The normalized spacial score (nSPS) is 10.2. The number of ether oxygens (including phenoxy) is 1. The van der Waals surface area contributed by atoms with Crippen molar-refractivity contribution in [2.75, 3.05) is 38.8 Å². The molecule has 0 bridgehead atoms. The third kappa shape index (κ3) is 5.02. The highest BCUT2D eigenvalue weighted by Gasteiger charge is 2.12. The van der Waals surface area contributed by atoms with Crippen LogP contribution in [0.25, 0.3) is 0 Å². The predicted molar refractivity (Wildman–Crippen MR) is 74.4 cm³/mol. The number of aromatic nitrogens is 1. The van der Waals surface area contributed by atoms with E-state index in [2.05, 4.69) is 10.3 Å². The molecule has 0 saturated heterocycles. The zero-order chi connectivity index (χ0) is 15.1. The predicted octanol–water partition coefficient (Wildman–Crippen LogP) is 0.632. The number of carboxylic acid groups (broad SMARTS) is 1. The van der Waals surface area contributed by atoms with E-state index in [0.29, 0.717) is 19.0 Å². The van der Waals surface area contributed by atoms with Gasteiger partial charge in [0.1, 0.15) is 11.0 Å². The number of nitrogens with one attached hydrogen (secondary N) is 1. The van der Waals surface area contributed by atoms with E-state index in [4.69, 9.17) is 21.4 Å². The first-order chi connectivity index (χ1) is 9.43. The number of carbonyl (C=O) groups excluding carboxylic acids is 1. The summed E-state index contributed by atoms with van der Waals surface area (Å²) < 4.78 is 4.82. The van der Waals surface area contributed by atoms with Gasteiger partial charge in [-0.3, -0.25) is 4.79 Å². The summed E-state index contributed by atoms with van der Waals surface area (Å²) in [7, 11) is 3.17. The third-order valence-corrected chi connectivity index (χ3v) is 2.62. The zero-order valence-electron chi connectivity index (χ0n) is 11.2. The van der Waals surface area contributed by atoms with E-state index < -0.39 is 5.97 Å². The van der Waals surface area contributed by atoms with Crippen molar-refractivity contribution in [2.45, 2.75) is 0 Å². The highest BCUT2D eigenvalue weighted by atomic mass is 35.5. The van der Waals surface area contributed by atoms with Crippen molar-refractivity contribution in [1.29, 1.82) is 0 Å². The van der Waals surface area contributed by atoms with Gasteiger partial charge in [-0.2, -0.15) is 0 Å². The van der Waals surface area contributed by atoms with Crippen LogP contribution in [0, 0.1) is 0 Å². The number of halogens is 1. The van der Waals surface area contributed by atoms with E-state index in [1.807, 2.05) is 0 Å². The largest absolute Gasteiger partial charge is 0.478 e. The molecule has 1 aromatic heterocycles. The van der Waals surface area contributed by atoms with E-state index in [1.54, 1.807) is 14.2 Å². The van der Waals surface area contributed by atoms with E-state index in [1.165, 1.54) is 17.0 Å². The van der Waals surface area contributed by atoms with Crippen molar-refractivity contribution in [1.82, 2.24) is 10.3 Å². The molecule has 0 aliphatic heterocycles. The summed E-state index contributed by atoms with van der Waals surface area (Å²) in [5, 5.41) is 11.7. The lowest BCUT2D eigenvalue weighted by Gasteiger charge is -2.18. The van der Waals surface area contributed by atoms with Crippen molar-refractivity contribution in [3.05, 3.63) is 22.8 Å². The number of pyridine rings is 1. The monoisotopic (exact) mass is 301 g/mol. The Bertz CT molecular complexity index is 496. The van der Waals surface area contributed by atoms with Crippen LogP contribution in [-0.4, -0.2) is 55.8 Å². The average molecular weight is 302 g/mol. The molecule has 0 aliphatic carbocycles. The number of anilines is 1. The van der Waals surface area contributed by atoms with Gasteiger partial charge in [0.05, 0.1) is 18.7 Å². The van der Waals surface area contributed by atoms with Gasteiger partial charge in [0, 0.05) is 20.7 Å². The zero-order valence-corrected chi connectivity index (χ0v) is 12.0. The van der Waals surface area contributed by atoms with Gasteiger partial charge in [0.15, 0.2) is 0 Å². The van der Waals surface area contributed by atoms with Crippen LogP contribution in [-0.2, 0) is 9.53 Å². The Morgan fingerprint density at radius 3 is 2.80 bits per heavy atom. The van der Waals surface area contributed by atoms with Gasteiger partial charge in [-0.1, -0.05) is 11.6 Å². The van der Waals surface area contributed by atoms with Gasteiger partial charge >= 0.3 is 5.97 Å². The van der Waals surface area contributed by atoms with Crippen LogP contribution in [0.2, 0.25) is 5.15 Å². The fourth-order valence-corrected chi connectivity index (χ4v) is 1.65. The van der Waals surface area contributed by atoms with Crippen LogP contribution < -0.4 is 10.2 Å². The Labute approximate surface area is 121 Å². The molecule has 8 heteroatoms. The molecular formula is C12H16ClN3O4. The average Bonchev–Trinajstić information content (AvgIpc) is 2.38. The Kier molecular flexibility index (Phi) is 6.20. The standard InChI is InChI=1S/C12H16ClN3O4/c1-16(7-11(17)14-3-4-20-2)10-6-8(12(18)19)5-9(13)15-10/h5-6H,3-4,7H2,1-2H3,(H,14,17)(H,18,19). The molecular weight excluding hydrogens is 286 g/mol. The molecule has 1 heterocycles. The molecule has 1 amide bonds. The summed E-state index contributed by atoms with van der Waals surface area (Å²) in [5.41, 5.74) is 0.0200. The molecule has 0 spiro atoms. The number of nitrogens with zero attached hydrogens (tertiary/aromatic N) is 2. The molecule has 0 aromatic carbocycles. The lowest BCUT2D eigenvalue weighted by atomic mass is 10.2. The minimum atomic E-state index is -1.10. The molecule has 0 fully saturated rings. The number of amides is 1. The summed E-state index contributed by atoms with van der Waals surface area (Å²) >= 11 is 5.76. The molecule has 0 atom stereocenters. The number of hydrogen-bond acceptors (Lipinski definition) is 5. The smallest absolute Gasteiger partial charge is 0.335 e. The maximum atomic E-state index is 11.6. The molecule has 0 unspecified atom stereocenters. The van der Waals surface area contributed by atoms with Crippen LogP contribution in [0.5, 0.6) is 0 Å². The fourth-order valence-electron chi connectivity index (χ4n) is 1.45. The van der Waals surface area contributed by atoms with Crippen LogP contribution >= 0.6 is 11.6 Å². The summed E-state index contributed by atoms with van der Waals surface area (Å²) in [6.07, 6.45) is 0. The van der Waals surface area contributed by atoms with Crippen molar-refractivity contribution in [3.8, 4) is 0 Å². The molecule has 1 aromatic rings. The van der Waals surface area contributed by atoms with E-state index in [-0.39, 0.29) is 23.2 Å². The second-order valence-electron chi connectivity index (χ2n) is 4.04. The molecule has 0 radical (unpaired) electrons. The molecule has 7 nitrogen and oxygen atoms in total. The molecule has 20 heavy (non-hydrogen) atoms. The third-order valence-electron chi connectivity index (χ3n) is 2.43. The van der Waals surface area contributed by atoms with Crippen LogP contribution in [0.4, 0.5) is 5.82 Å². The summed E-state index contributed by atoms with van der Waals surface area (Å²) in [4.78, 5) is 28.0. The SMILES string of the molecule is COCCNC(=O)CN(C)c1cc(C(=O)O)cc(Cl)n1. The minimum absolute atomic E-state index is 0.0200. The Morgan fingerprint density at radius 1 is 1.50 bits per heavy atom. The Balaban J connectivity index is 2.69. The van der Waals surface area contributed by atoms with Gasteiger partial charge in [-0.25, -0.2) is 9.78 Å². The van der Waals surface area contributed by atoms with Crippen LogP contribution in [0.15, 0.2) is 12.1 Å². The molecule has 0 saturated carbocycles. The molecule has 2 N–H and O–H groups in total. The first-order valence-electron chi connectivity index (χ1n) is 5.81. The molecule has 110 valence electrons. The lowest BCUT2D eigenvalue weighted by Crippen LogP contribution is -2.37.